The average Bonchev–Trinajstić information content (AvgIpc) is 2.80. The number of nitrogens with zero attached hydrogens (tertiary/aromatic N) is 2. The van der Waals surface area contributed by atoms with Gasteiger partial charge in [-0.2, -0.15) is 0 Å². The smallest absolute Gasteiger partial charge is 0.340 e. The summed E-state index contributed by atoms with van der Waals surface area (Å²) in [5.74, 6) is 0.179. The molecule has 6 nitrogen and oxygen atoms in total. The summed E-state index contributed by atoms with van der Waals surface area (Å²) in [6.07, 6.45) is -0.0300. The minimum absolute atomic E-state index is 0.0300. The zero-order valence-corrected chi connectivity index (χ0v) is 18.9. The number of anilines is 1. The third-order valence-electron chi connectivity index (χ3n) is 5.90. The predicted molar refractivity (Wildman–Crippen MR) is 126 cm³/mol. The van der Waals surface area contributed by atoms with Crippen LogP contribution in [0.25, 0.3) is 11.0 Å². The second-order valence-electron chi connectivity index (χ2n) is 8.39. The minimum Gasteiger partial charge on any atom is -0.489 e. The van der Waals surface area contributed by atoms with Gasteiger partial charge in [0.25, 0.3) is 0 Å². The summed E-state index contributed by atoms with van der Waals surface area (Å²) < 4.78 is 25.2. The molecule has 4 rings (SSSR count). The van der Waals surface area contributed by atoms with Crippen molar-refractivity contribution in [2.24, 2.45) is 0 Å². The first-order valence-electron chi connectivity index (χ1n) is 10.9. The fourth-order valence-electron chi connectivity index (χ4n) is 4.04. The largest absolute Gasteiger partial charge is 0.489 e. The van der Waals surface area contributed by atoms with Crippen molar-refractivity contribution in [1.82, 2.24) is 4.90 Å². The maximum Gasteiger partial charge on any atom is 0.340 e. The number of rotatable bonds is 6. The summed E-state index contributed by atoms with van der Waals surface area (Å²) in [5, 5.41) is 0.768. The van der Waals surface area contributed by atoms with Gasteiger partial charge in [-0.3, -0.25) is 4.79 Å². The van der Waals surface area contributed by atoms with Crippen molar-refractivity contribution in [3.8, 4) is 5.75 Å². The normalized spacial score (nSPS) is 13.9. The fourth-order valence-corrected chi connectivity index (χ4v) is 4.04. The Labute approximate surface area is 191 Å². The second kappa shape index (κ2) is 9.48. The van der Waals surface area contributed by atoms with Crippen LogP contribution in [0, 0.1) is 12.7 Å². The number of piperazine rings is 1. The van der Waals surface area contributed by atoms with Gasteiger partial charge < -0.3 is 19.0 Å². The van der Waals surface area contributed by atoms with E-state index in [1.807, 2.05) is 30.9 Å². The summed E-state index contributed by atoms with van der Waals surface area (Å²) >= 11 is 0. The first kappa shape index (κ1) is 22.6. The Morgan fingerprint density at radius 2 is 1.88 bits per heavy atom. The van der Waals surface area contributed by atoms with E-state index in [-0.39, 0.29) is 18.1 Å². The molecule has 3 aromatic rings. The van der Waals surface area contributed by atoms with Crippen molar-refractivity contribution in [2.45, 2.75) is 20.3 Å². The molecule has 0 aliphatic carbocycles. The number of ether oxygens (including phenoxy) is 1. The Kier molecular flexibility index (Phi) is 6.49. The molecule has 1 aromatic heterocycles. The van der Waals surface area contributed by atoms with E-state index >= 15 is 0 Å². The molecular formula is C26H27FN2O4. The first-order valence-corrected chi connectivity index (χ1v) is 10.9. The number of hydrogen-bond acceptors (Lipinski definition) is 5. The van der Waals surface area contributed by atoms with Crippen molar-refractivity contribution in [3.05, 3.63) is 82.0 Å². The fraction of sp³-hybridized carbons (Fsp3) is 0.308. The maximum atomic E-state index is 14.1. The number of carbonyl (C=O) groups is 1. The number of halogens is 1. The van der Waals surface area contributed by atoms with Gasteiger partial charge in [-0.25, -0.2) is 9.18 Å². The Bertz CT molecular complexity index is 1260. The van der Waals surface area contributed by atoms with E-state index in [9.17, 15) is 14.0 Å². The third-order valence-corrected chi connectivity index (χ3v) is 5.90. The summed E-state index contributed by atoms with van der Waals surface area (Å²) in [7, 11) is 0. The topological polar surface area (TPSA) is 63.0 Å². The third kappa shape index (κ3) is 4.92. The van der Waals surface area contributed by atoms with Gasteiger partial charge in [-0.1, -0.05) is 18.7 Å². The molecule has 2 aromatic carbocycles. The zero-order chi connectivity index (χ0) is 23.5. The summed E-state index contributed by atoms with van der Waals surface area (Å²) in [6.45, 7) is 9.88. The lowest BCUT2D eigenvalue weighted by Gasteiger charge is -2.36. The summed E-state index contributed by atoms with van der Waals surface area (Å²) in [6, 6.07) is 12.0. The van der Waals surface area contributed by atoms with Gasteiger partial charge in [0.1, 0.15) is 23.8 Å². The molecule has 33 heavy (non-hydrogen) atoms. The molecule has 0 spiro atoms. The molecule has 0 unspecified atom stereocenters. The Hall–Kier alpha value is -3.61. The molecule has 7 heteroatoms. The molecule has 1 aliphatic rings. The lowest BCUT2D eigenvalue weighted by atomic mass is 10.0. The van der Waals surface area contributed by atoms with E-state index in [0.29, 0.717) is 55.4 Å². The molecule has 2 heterocycles. The maximum absolute atomic E-state index is 14.1. The van der Waals surface area contributed by atoms with E-state index in [1.165, 1.54) is 6.07 Å². The molecule has 0 atom stereocenters. The van der Waals surface area contributed by atoms with Gasteiger partial charge in [0.05, 0.1) is 17.7 Å². The highest BCUT2D eigenvalue weighted by atomic mass is 19.1. The quantitative estimate of drug-likeness (QED) is 0.418. The number of aryl methyl sites for hydroxylation is 1. The van der Waals surface area contributed by atoms with Crippen LogP contribution in [0.2, 0.25) is 0 Å². The molecule has 1 saturated heterocycles. The lowest BCUT2D eigenvalue weighted by molar-refractivity contribution is -0.130. The highest BCUT2D eigenvalue weighted by molar-refractivity contribution is 5.85. The Morgan fingerprint density at radius 3 is 2.58 bits per heavy atom. The SMILES string of the molecule is C=C(C)COc1ccc2c(C)c(CC(=O)N3CCN(c4ccccc4F)CC3)c(=O)oc2c1. The first-order chi connectivity index (χ1) is 15.8. The average molecular weight is 451 g/mol. The van der Waals surface area contributed by atoms with Gasteiger partial charge in [0, 0.05) is 37.6 Å². The van der Waals surface area contributed by atoms with Crippen LogP contribution in [0.3, 0.4) is 0 Å². The number of benzene rings is 2. The van der Waals surface area contributed by atoms with Crippen LogP contribution in [-0.4, -0.2) is 43.6 Å². The van der Waals surface area contributed by atoms with Gasteiger partial charge in [-0.15, -0.1) is 0 Å². The van der Waals surface area contributed by atoms with Crippen molar-refractivity contribution in [3.63, 3.8) is 0 Å². The molecule has 0 bridgehead atoms. The van der Waals surface area contributed by atoms with E-state index in [2.05, 4.69) is 6.58 Å². The molecular weight excluding hydrogens is 423 g/mol. The molecule has 1 fully saturated rings. The summed E-state index contributed by atoms with van der Waals surface area (Å²) in [5.41, 5.74) is 2.42. The van der Waals surface area contributed by atoms with Gasteiger partial charge >= 0.3 is 5.63 Å². The van der Waals surface area contributed by atoms with Crippen molar-refractivity contribution in [1.29, 1.82) is 0 Å². The van der Waals surface area contributed by atoms with Crippen molar-refractivity contribution >= 4 is 22.6 Å². The van der Waals surface area contributed by atoms with Gasteiger partial charge in [-0.05, 0) is 49.2 Å². The van der Waals surface area contributed by atoms with Gasteiger partial charge in [0.2, 0.25) is 5.91 Å². The van der Waals surface area contributed by atoms with Crippen LogP contribution >= 0.6 is 0 Å². The predicted octanol–water partition coefficient (Wildman–Crippen LogP) is 4.09. The molecule has 1 amide bonds. The molecule has 0 saturated carbocycles. The molecule has 0 radical (unpaired) electrons. The standard InChI is InChI=1S/C26H27FN2O4/c1-17(2)16-32-19-8-9-20-18(3)21(26(31)33-24(20)14-19)15-25(30)29-12-10-28(11-13-29)23-7-5-4-6-22(23)27/h4-9,14H,1,10-13,15-16H2,2-3H3. The van der Waals surface area contributed by atoms with Crippen LogP contribution in [0.5, 0.6) is 5.75 Å². The number of para-hydroxylation sites is 1. The number of fused-ring (bicyclic) bond motifs is 1. The van der Waals surface area contributed by atoms with Gasteiger partial charge in [0.15, 0.2) is 0 Å². The van der Waals surface area contributed by atoms with E-state index in [1.54, 1.807) is 29.2 Å². The molecule has 1 aliphatic heterocycles. The van der Waals surface area contributed by atoms with Crippen molar-refractivity contribution < 1.29 is 18.3 Å². The highest BCUT2D eigenvalue weighted by Gasteiger charge is 2.24. The van der Waals surface area contributed by atoms with Crippen LogP contribution in [0.1, 0.15) is 18.1 Å². The summed E-state index contributed by atoms with van der Waals surface area (Å²) in [4.78, 5) is 29.3. The van der Waals surface area contributed by atoms with Crippen LogP contribution in [0.15, 0.2) is 63.8 Å². The Morgan fingerprint density at radius 1 is 1.15 bits per heavy atom. The zero-order valence-electron chi connectivity index (χ0n) is 18.9. The molecule has 0 N–H and O–H groups in total. The highest BCUT2D eigenvalue weighted by Crippen LogP contribution is 2.25. The van der Waals surface area contributed by atoms with E-state index in [0.717, 1.165) is 16.5 Å². The van der Waals surface area contributed by atoms with Crippen molar-refractivity contribution in [2.75, 3.05) is 37.7 Å². The Balaban J connectivity index is 1.46. The number of carbonyl (C=O) groups excluding carboxylic acids is 1. The monoisotopic (exact) mass is 450 g/mol. The number of hydrogen-bond donors (Lipinski definition) is 0. The molecule has 172 valence electrons. The second-order valence-corrected chi connectivity index (χ2v) is 8.39. The minimum atomic E-state index is -0.518. The van der Waals surface area contributed by atoms with Crippen LogP contribution in [0.4, 0.5) is 10.1 Å². The van der Waals surface area contributed by atoms with Crippen LogP contribution in [-0.2, 0) is 11.2 Å². The lowest BCUT2D eigenvalue weighted by Crippen LogP contribution is -2.49. The van der Waals surface area contributed by atoms with Crippen LogP contribution < -0.4 is 15.3 Å². The van der Waals surface area contributed by atoms with E-state index < -0.39 is 5.63 Å². The van der Waals surface area contributed by atoms with E-state index in [4.69, 9.17) is 9.15 Å². The number of amides is 1.